The second-order valence-electron chi connectivity index (χ2n) is 7.44. The van der Waals surface area contributed by atoms with E-state index in [9.17, 15) is 0 Å². The van der Waals surface area contributed by atoms with E-state index in [4.69, 9.17) is 14.1 Å². The van der Waals surface area contributed by atoms with E-state index < -0.39 is 0 Å². The second kappa shape index (κ2) is 9.23. The normalized spacial score (nSPS) is 22.2. The number of aliphatic imine (C=N–C) groups is 1. The van der Waals surface area contributed by atoms with Gasteiger partial charge in [-0.05, 0) is 31.4 Å². The first-order valence-electron chi connectivity index (χ1n) is 10.4. The summed E-state index contributed by atoms with van der Waals surface area (Å²) in [4.78, 5) is 9.39. The van der Waals surface area contributed by atoms with E-state index in [0.29, 0.717) is 12.6 Å². The first-order valence-corrected chi connectivity index (χ1v) is 10.4. The summed E-state index contributed by atoms with van der Waals surface area (Å²) in [7, 11) is 0. The minimum Gasteiger partial charge on any atom is -0.469 e. The van der Waals surface area contributed by atoms with Crippen molar-refractivity contribution in [2.24, 2.45) is 4.99 Å². The Morgan fingerprint density at radius 3 is 3.14 bits per heavy atom. The molecule has 2 N–H and O–H groups in total. The highest BCUT2D eigenvalue weighted by Gasteiger charge is 2.22. The predicted octanol–water partition coefficient (Wildman–Crippen LogP) is 1.71. The van der Waals surface area contributed by atoms with Crippen LogP contribution in [0, 0.1) is 0 Å². The number of nitrogens with zero attached hydrogens (tertiary/aromatic N) is 4. The lowest BCUT2D eigenvalue weighted by Crippen LogP contribution is -2.47. The van der Waals surface area contributed by atoms with Gasteiger partial charge in [0.15, 0.2) is 11.8 Å². The quantitative estimate of drug-likeness (QED) is 0.556. The zero-order valence-corrected chi connectivity index (χ0v) is 16.6. The van der Waals surface area contributed by atoms with E-state index in [1.807, 2.05) is 16.8 Å². The van der Waals surface area contributed by atoms with E-state index in [0.717, 1.165) is 81.6 Å². The standard InChI is InChI=1S/C20H30N6O2/c1-2-18-24-19-8-7-15(14-26(19)25-18)23-20(22-13-17-6-4-12-28-17)21-10-9-16-5-3-11-27-16/h3,5,11,15,17H,2,4,6-10,12-14H2,1H3,(H2,21,22,23). The number of rotatable bonds is 7. The van der Waals surface area contributed by atoms with Gasteiger partial charge in [-0.1, -0.05) is 6.92 Å². The van der Waals surface area contributed by atoms with Crippen molar-refractivity contribution < 1.29 is 9.15 Å². The van der Waals surface area contributed by atoms with Crippen molar-refractivity contribution in [2.45, 2.75) is 64.1 Å². The van der Waals surface area contributed by atoms with Crippen molar-refractivity contribution in [1.29, 1.82) is 0 Å². The molecule has 0 amide bonds. The molecule has 1 saturated heterocycles. The highest BCUT2D eigenvalue weighted by Crippen LogP contribution is 2.14. The van der Waals surface area contributed by atoms with Crippen LogP contribution in [0.25, 0.3) is 0 Å². The third kappa shape index (κ3) is 4.92. The molecule has 2 atom stereocenters. The Morgan fingerprint density at radius 1 is 1.39 bits per heavy atom. The fourth-order valence-electron chi connectivity index (χ4n) is 3.71. The fourth-order valence-corrected chi connectivity index (χ4v) is 3.71. The van der Waals surface area contributed by atoms with Crippen LogP contribution in [-0.2, 0) is 30.5 Å². The fraction of sp³-hybridized carbons (Fsp3) is 0.650. The molecular weight excluding hydrogens is 356 g/mol. The van der Waals surface area contributed by atoms with Crippen LogP contribution in [0.15, 0.2) is 27.8 Å². The number of fused-ring (bicyclic) bond motifs is 1. The van der Waals surface area contributed by atoms with Gasteiger partial charge in [0.25, 0.3) is 0 Å². The number of nitrogens with one attached hydrogen (secondary N) is 2. The van der Waals surface area contributed by atoms with Crippen LogP contribution < -0.4 is 10.6 Å². The largest absolute Gasteiger partial charge is 0.469 e. The molecule has 2 unspecified atom stereocenters. The van der Waals surface area contributed by atoms with Gasteiger partial charge in [0, 0.05) is 38.5 Å². The molecule has 0 radical (unpaired) electrons. The summed E-state index contributed by atoms with van der Waals surface area (Å²) in [6, 6.07) is 4.21. The molecule has 0 aromatic carbocycles. The summed E-state index contributed by atoms with van der Waals surface area (Å²) in [5.41, 5.74) is 0. The maximum Gasteiger partial charge on any atom is 0.191 e. The monoisotopic (exact) mass is 386 g/mol. The highest BCUT2D eigenvalue weighted by molar-refractivity contribution is 5.80. The van der Waals surface area contributed by atoms with Crippen LogP contribution in [0.3, 0.4) is 0 Å². The van der Waals surface area contributed by atoms with Gasteiger partial charge in [0.05, 0.1) is 25.5 Å². The molecular formula is C20H30N6O2. The van der Waals surface area contributed by atoms with Gasteiger partial charge in [-0.2, -0.15) is 5.10 Å². The molecule has 152 valence electrons. The molecule has 0 spiro atoms. The molecule has 2 aliphatic rings. The number of hydrogen-bond acceptors (Lipinski definition) is 5. The van der Waals surface area contributed by atoms with Gasteiger partial charge in [0.2, 0.25) is 0 Å². The average molecular weight is 387 g/mol. The maximum absolute atomic E-state index is 5.72. The summed E-state index contributed by atoms with van der Waals surface area (Å²) >= 11 is 0. The molecule has 2 aromatic heterocycles. The highest BCUT2D eigenvalue weighted by atomic mass is 16.5. The Morgan fingerprint density at radius 2 is 2.36 bits per heavy atom. The van der Waals surface area contributed by atoms with Gasteiger partial charge in [-0.3, -0.25) is 4.99 Å². The van der Waals surface area contributed by atoms with Crippen LogP contribution in [0.4, 0.5) is 0 Å². The third-order valence-electron chi connectivity index (χ3n) is 5.28. The molecule has 8 heteroatoms. The number of ether oxygens (including phenoxy) is 1. The molecule has 1 fully saturated rings. The molecule has 0 saturated carbocycles. The third-order valence-corrected chi connectivity index (χ3v) is 5.28. The summed E-state index contributed by atoms with van der Waals surface area (Å²) in [6.07, 6.45) is 7.84. The topological polar surface area (TPSA) is 89.5 Å². The molecule has 28 heavy (non-hydrogen) atoms. The van der Waals surface area contributed by atoms with Gasteiger partial charge in [-0.15, -0.1) is 0 Å². The van der Waals surface area contributed by atoms with Gasteiger partial charge >= 0.3 is 0 Å². The summed E-state index contributed by atoms with van der Waals surface area (Å²) in [5.74, 6) is 3.84. The molecule has 0 bridgehead atoms. The van der Waals surface area contributed by atoms with Crippen molar-refractivity contribution in [3.8, 4) is 0 Å². The maximum atomic E-state index is 5.72. The Kier molecular flexibility index (Phi) is 6.26. The van der Waals surface area contributed by atoms with Crippen LogP contribution in [-0.4, -0.2) is 52.6 Å². The Bertz CT molecular complexity index is 764. The Labute approximate surface area is 165 Å². The summed E-state index contributed by atoms with van der Waals surface area (Å²) in [5, 5.41) is 11.6. The molecule has 2 aromatic rings. The van der Waals surface area contributed by atoms with E-state index in [-0.39, 0.29) is 6.10 Å². The minimum absolute atomic E-state index is 0.240. The zero-order valence-electron chi connectivity index (χ0n) is 16.6. The van der Waals surface area contributed by atoms with Crippen LogP contribution in [0.5, 0.6) is 0 Å². The van der Waals surface area contributed by atoms with Crippen molar-refractivity contribution >= 4 is 5.96 Å². The number of aryl methyl sites for hydroxylation is 2. The summed E-state index contributed by atoms with van der Waals surface area (Å²) in [6.45, 7) is 5.23. The van der Waals surface area contributed by atoms with Crippen molar-refractivity contribution in [3.05, 3.63) is 35.8 Å². The number of furan rings is 1. The first-order chi connectivity index (χ1) is 13.8. The molecule has 4 heterocycles. The molecule has 0 aliphatic carbocycles. The average Bonchev–Trinajstić information content (AvgIpc) is 3.46. The Hall–Kier alpha value is -2.35. The lowest BCUT2D eigenvalue weighted by molar-refractivity contribution is 0.117. The van der Waals surface area contributed by atoms with Crippen LogP contribution >= 0.6 is 0 Å². The lowest BCUT2D eigenvalue weighted by Gasteiger charge is -2.25. The van der Waals surface area contributed by atoms with Crippen molar-refractivity contribution in [2.75, 3.05) is 19.7 Å². The van der Waals surface area contributed by atoms with E-state index >= 15 is 0 Å². The second-order valence-corrected chi connectivity index (χ2v) is 7.44. The van der Waals surface area contributed by atoms with E-state index in [2.05, 4.69) is 27.6 Å². The zero-order chi connectivity index (χ0) is 19.2. The predicted molar refractivity (Wildman–Crippen MR) is 106 cm³/mol. The van der Waals surface area contributed by atoms with Gasteiger partial charge in [-0.25, -0.2) is 9.67 Å². The van der Waals surface area contributed by atoms with E-state index in [1.165, 1.54) is 0 Å². The first kappa shape index (κ1) is 19.0. The number of hydrogen-bond donors (Lipinski definition) is 2. The van der Waals surface area contributed by atoms with Crippen molar-refractivity contribution in [1.82, 2.24) is 25.4 Å². The van der Waals surface area contributed by atoms with Crippen molar-refractivity contribution in [3.63, 3.8) is 0 Å². The van der Waals surface area contributed by atoms with E-state index in [1.54, 1.807) is 6.26 Å². The number of guanidine groups is 1. The molecule has 2 aliphatic heterocycles. The smallest absolute Gasteiger partial charge is 0.191 e. The molecule has 8 nitrogen and oxygen atoms in total. The van der Waals surface area contributed by atoms with Gasteiger partial charge < -0.3 is 19.8 Å². The minimum atomic E-state index is 0.240. The van der Waals surface area contributed by atoms with Crippen LogP contribution in [0.2, 0.25) is 0 Å². The molecule has 4 rings (SSSR count). The van der Waals surface area contributed by atoms with Gasteiger partial charge in [0.1, 0.15) is 11.6 Å². The SMILES string of the molecule is CCc1nc2n(n1)CC(NC(=NCC1CCCO1)NCCc1ccco1)CC2. The Balaban J connectivity index is 1.35. The van der Waals surface area contributed by atoms with Crippen LogP contribution in [0.1, 0.15) is 43.6 Å². The lowest BCUT2D eigenvalue weighted by atomic mass is 10.1. The number of aromatic nitrogens is 3. The summed E-state index contributed by atoms with van der Waals surface area (Å²) < 4.78 is 13.2.